The quantitative estimate of drug-likeness (QED) is 0.460. The van der Waals surface area contributed by atoms with Crippen LogP contribution in [-0.2, 0) is 10.9 Å². The largest absolute Gasteiger partial charge is 0.490 e. The molecule has 0 spiro atoms. The van der Waals surface area contributed by atoms with E-state index in [0.717, 1.165) is 6.07 Å². The van der Waals surface area contributed by atoms with Crippen molar-refractivity contribution in [2.24, 2.45) is 0 Å². The topological polar surface area (TPSA) is 47.6 Å². The van der Waals surface area contributed by atoms with Crippen molar-refractivity contribution in [2.75, 3.05) is 25.6 Å². The number of thioether (sulfide) groups is 1. The van der Waals surface area contributed by atoms with E-state index in [0.29, 0.717) is 11.5 Å². The third-order valence-electron chi connectivity index (χ3n) is 3.59. The van der Waals surface area contributed by atoms with Crippen molar-refractivity contribution in [3.8, 4) is 5.75 Å². The molecule has 0 bridgehead atoms. The van der Waals surface area contributed by atoms with Crippen LogP contribution in [-0.4, -0.2) is 31.5 Å². The monoisotopic (exact) mass is 413 g/mol. The van der Waals surface area contributed by atoms with Gasteiger partial charge in [-0.1, -0.05) is 26.0 Å². The predicted octanol–water partition coefficient (Wildman–Crippen LogP) is 5.48. The molecule has 8 heteroatoms. The number of ether oxygens (including phenoxy) is 2. The average Bonchev–Trinajstić information content (AvgIpc) is 2.62. The minimum atomic E-state index is -4.59. The maximum absolute atomic E-state index is 13.5. The van der Waals surface area contributed by atoms with E-state index in [2.05, 4.69) is 5.32 Å². The molecule has 152 valence electrons. The molecule has 0 aliphatic heterocycles. The highest BCUT2D eigenvalue weighted by atomic mass is 32.2. The molecule has 1 amide bonds. The van der Waals surface area contributed by atoms with Gasteiger partial charge in [0.05, 0.1) is 23.4 Å². The van der Waals surface area contributed by atoms with Gasteiger partial charge in [0, 0.05) is 17.3 Å². The highest BCUT2D eigenvalue weighted by Crippen LogP contribution is 2.38. The summed E-state index contributed by atoms with van der Waals surface area (Å²) >= 11 is 1.32. The smallest absolute Gasteiger partial charge is 0.418 e. The summed E-state index contributed by atoms with van der Waals surface area (Å²) in [6.07, 6.45) is -4.59. The van der Waals surface area contributed by atoms with Gasteiger partial charge in [0.1, 0.15) is 12.4 Å². The molecule has 2 aromatic rings. The van der Waals surface area contributed by atoms with Crippen LogP contribution in [0.1, 0.15) is 29.8 Å². The lowest BCUT2D eigenvalue weighted by molar-refractivity contribution is -0.137. The van der Waals surface area contributed by atoms with Crippen molar-refractivity contribution in [1.82, 2.24) is 0 Å². The Bertz CT molecular complexity index is 810. The standard InChI is InChI=1S/C20H22F3NO3S/c1-13(2)28-14-8-9-17(16(12-14)20(21,22)23)24-19(25)15-6-4-5-7-18(15)27-11-10-26-3/h4-9,12-13H,10-11H2,1-3H3,(H,24,25). The zero-order valence-electron chi connectivity index (χ0n) is 15.8. The number of anilines is 1. The second-order valence-corrected chi connectivity index (χ2v) is 7.81. The van der Waals surface area contributed by atoms with Gasteiger partial charge in [-0.15, -0.1) is 11.8 Å². The molecule has 0 saturated carbocycles. The molecule has 28 heavy (non-hydrogen) atoms. The summed E-state index contributed by atoms with van der Waals surface area (Å²) in [6, 6.07) is 10.3. The van der Waals surface area contributed by atoms with Gasteiger partial charge < -0.3 is 14.8 Å². The lowest BCUT2D eigenvalue weighted by atomic mass is 10.1. The summed E-state index contributed by atoms with van der Waals surface area (Å²) < 4.78 is 50.9. The maximum Gasteiger partial charge on any atom is 0.418 e. The molecule has 0 atom stereocenters. The lowest BCUT2D eigenvalue weighted by Gasteiger charge is -2.17. The number of hydrogen-bond acceptors (Lipinski definition) is 4. The van der Waals surface area contributed by atoms with Crippen LogP contribution in [0.2, 0.25) is 0 Å². The maximum atomic E-state index is 13.5. The molecule has 0 heterocycles. The molecule has 1 N–H and O–H groups in total. The zero-order chi connectivity index (χ0) is 20.7. The van der Waals surface area contributed by atoms with Crippen molar-refractivity contribution in [2.45, 2.75) is 30.2 Å². The number of benzene rings is 2. The Hall–Kier alpha value is -2.19. The minimum Gasteiger partial charge on any atom is -0.490 e. The van der Waals surface area contributed by atoms with E-state index >= 15 is 0 Å². The first-order chi connectivity index (χ1) is 13.2. The molecule has 0 radical (unpaired) electrons. The minimum absolute atomic E-state index is 0.137. The van der Waals surface area contributed by atoms with Crippen LogP contribution in [0.5, 0.6) is 5.75 Å². The van der Waals surface area contributed by atoms with E-state index in [4.69, 9.17) is 9.47 Å². The average molecular weight is 413 g/mol. The second kappa shape index (κ2) is 9.84. The Labute approximate surface area is 166 Å². The molecule has 0 unspecified atom stereocenters. The van der Waals surface area contributed by atoms with Crippen molar-refractivity contribution in [3.05, 3.63) is 53.6 Å². The van der Waals surface area contributed by atoms with Crippen molar-refractivity contribution in [3.63, 3.8) is 0 Å². The summed E-state index contributed by atoms with van der Waals surface area (Å²) in [6.45, 7) is 4.33. The van der Waals surface area contributed by atoms with Gasteiger partial charge in [-0.25, -0.2) is 0 Å². The van der Waals surface area contributed by atoms with E-state index < -0.39 is 17.6 Å². The highest BCUT2D eigenvalue weighted by Gasteiger charge is 2.34. The van der Waals surface area contributed by atoms with Gasteiger partial charge in [0.15, 0.2) is 0 Å². The van der Waals surface area contributed by atoms with Crippen molar-refractivity contribution in [1.29, 1.82) is 0 Å². The molecule has 4 nitrogen and oxygen atoms in total. The Morgan fingerprint density at radius 1 is 1.14 bits per heavy atom. The molecule has 0 fully saturated rings. The van der Waals surface area contributed by atoms with E-state index in [-0.39, 0.29) is 28.9 Å². The molecule has 0 saturated heterocycles. The van der Waals surface area contributed by atoms with Crippen LogP contribution >= 0.6 is 11.8 Å². The normalized spacial score (nSPS) is 11.5. The number of methoxy groups -OCH3 is 1. The Kier molecular flexibility index (Phi) is 7.77. The van der Waals surface area contributed by atoms with Gasteiger partial charge in [-0.2, -0.15) is 13.2 Å². The number of amides is 1. The molecule has 2 aromatic carbocycles. The fourth-order valence-corrected chi connectivity index (χ4v) is 3.29. The van der Waals surface area contributed by atoms with E-state index in [1.165, 1.54) is 31.0 Å². The second-order valence-electron chi connectivity index (χ2n) is 6.16. The number of hydrogen-bond donors (Lipinski definition) is 1. The summed E-state index contributed by atoms with van der Waals surface area (Å²) in [7, 11) is 1.52. The summed E-state index contributed by atoms with van der Waals surface area (Å²) in [5.74, 6) is -0.402. The SMILES string of the molecule is COCCOc1ccccc1C(=O)Nc1ccc(SC(C)C)cc1C(F)(F)F. The third-order valence-corrected chi connectivity index (χ3v) is 4.59. The van der Waals surface area contributed by atoms with E-state index in [1.54, 1.807) is 24.3 Å². The van der Waals surface area contributed by atoms with Gasteiger partial charge in [-0.05, 0) is 30.3 Å². The van der Waals surface area contributed by atoms with Crippen molar-refractivity contribution < 1.29 is 27.4 Å². The number of rotatable bonds is 8. The summed E-state index contributed by atoms with van der Waals surface area (Å²) in [5, 5.41) is 2.50. The van der Waals surface area contributed by atoms with Crippen LogP contribution in [0.15, 0.2) is 47.4 Å². The number of carbonyl (C=O) groups excluding carboxylic acids is 1. The number of carbonyl (C=O) groups is 1. The number of nitrogens with one attached hydrogen (secondary N) is 1. The third kappa shape index (κ3) is 6.17. The zero-order valence-corrected chi connectivity index (χ0v) is 16.6. The molecule has 2 rings (SSSR count). The Balaban J connectivity index is 2.29. The number of para-hydroxylation sites is 1. The first-order valence-electron chi connectivity index (χ1n) is 8.62. The fraction of sp³-hybridized carbons (Fsp3) is 0.350. The number of halogens is 3. The predicted molar refractivity (Wildman–Crippen MR) is 104 cm³/mol. The molecule has 0 aliphatic rings. The van der Waals surface area contributed by atoms with Gasteiger partial charge >= 0.3 is 6.18 Å². The molecular weight excluding hydrogens is 391 g/mol. The Morgan fingerprint density at radius 2 is 1.86 bits per heavy atom. The van der Waals surface area contributed by atoms with Crippen LogP contribution in [0.3, 0.4) is 0 Å². The number of alkyl halides is 3. The first-order valence-corrected chi connectivity index (χ1v) is 9.50. The van der Waals surface area contributed by atoms with Gasteiger partial charge in [0.2, 0.25) is 0 Å². The fourth-order valence-electron chi connectivity index (χ4n) is 2.42. The van der Waals surface area contributed by atoms with Crippen molar-refractivity contribution >= 4 is 23.4 Å². The highest BCUT2D eigenvalue weighted by molar-refractivity contribution is 7.99. The molecule has 0 aromatic heterocycles. The van der Waals surface area contributed by atoms with E-state index in [1.807, 2.05) is 13.8 Å². The molecule has 0 aliphatic carbocycles. The summed E-state index contributed by atoms with van der Waals surface area (Å²) in [4.78, 5) is 13.1. The van der Waals surface area contributed by atoms with Crippen LogP contribution < -0.4 is 10.1 Å². The first kappa shape index (κ1) is 22.1. The summed E-state index contributed by atoms with van der Waals surface area (Å²) in [5.41, 5.74) is -1.03. The molecular formula is C20H22F3NO3S. The lowest BCUT2D eigenvalue weighted by Crippen LogP contribution is -2.18. The van der Waals surface area contributed by atoms with Gasteiger partial charge in [-0.3, -0.25) is 4.79 Å². The van der Waals surface area contributed by atoms with Crippen LogP contribution in [0.4, 0.5) is 18.9 Å². The van der Waals surface area contributed by atoms with Crippen LogP contribution in [0, 0.1) is 0 Å². The van der Waals surface area contributed by atoms with E-state index in [9.17, 15) is 18.0 Å². The van der Waals surface area contributed by atoms with Crippen LogP contribution in [0.25, 0.3) is 0 Å². The van der Waals surface area contributed by atoms with Gasteiger partial charge in [0.25, 0.3) is 5.91 Å². The Morgan fingerprint density at radius 3 is 2.50 bits per heavy atom.